The van der Waals surface area contributed by atoms with Gasteiger partial charge in [0.1, 0.15) is 17.4 Å². The SMILES string of the molecule is Cc1c(C#N)cc(F)cc1Oc1c(C(F)(F)F)ncn(Cc2cc(-c3ccc(F)cc3)c(=O)[nH]n2)c1=O. The second-order valence-electron chi connectivity index (χ2n) is 7.75. The first-order valence-electron chi connectivity index (χ1n) is 10.4. The third kappa shape index (κ3) is 5.22. The number of benzene rings is 2. The Hall–Kier alpha value is -4.86. The van der Waals surface area contributed by atoms with E-state index in [1.807, 2.05) is 0 Å². The van der Waals surface area contributed by atoms with Crippen LogP contribution >= 0.6 is 0 Å². The van der Waals surface area contributed by atoms with Crippen molar-refractivity contribution in [2.75, 3.05) is 0 Å². The van der Waals surface area contributed by atoms with E-state index in [4.69, 9.17) is 10.00 Å². The Kier molecular flexibility index (Phi) is 6.58. The number of nitriles is 1. The smallest absolute Gasteiger partial charge is 0.437 e. The van der Waals surface area contributed by atoms with Crippen molar-refractivity contribution in [1.29, 1.82) is 5.26 Å². The van der Waals surface area contributed by atoms with Crippen LogP contribution in [-0.2, 0) is 12.7 Å². The van der Waals surface area contributed by atoms with Crippen LogP contribution in [0.4, 0.5) is 22.0 Å². The minimum Gasteiger partial charge on any atom is -0.449 e. The highest BCUT2D eigenvalue weighted by Gasteiger charge is 2.39. The van der Waals surface area contributed by atoms with Gasteiger partial charge in [0.2, 0.25) is 5.75 Å². The molecule has 0 aliphatic carbocycles. The molecule has 0 fully saturated rings. The Morgan fingerprint density at radius 3 is 2.43 bits per heavy atom. The van der Waals surface area contributed by atoms with Crippen molar-refractivity contribution in [1.82, 2.24) is 19.7 Å². The molecule has 4 aromatic rings. The Morgan fingerprint density at radius 2 is 1.78 bits per heavy atom. The molecular weight excluding hydrogens is 501 g/mol. The molecule has 0 saturated carbocycles. The van der Waals surface area contributed by atoms with Crippen LogP contribution in [0.3, 0.4) is 0 Å². The lowest BCUT2D eigenvalue weighted by atomic mass is 10.1. The third-order valence-electron chi connectivity index (χ3n) is 5.27. The number of ether oxygens (including phenoxy) is 1. The lowest BCUT2D eigenvalue weighted by molar-refractivity contribution is -0.142. The van der Waals surface area contributed by atoms with Crippen LogP contribution < -0.4 is 15.9 Å². The van der Waals surface area contributed by atoms with Crippen LogP contribution in [0.2, 0.25) is 0 Å². The topological polar surface area (TPSA) is 114 Å². The average Bonchev–Trinajstić information content (AvgIpc) is 2.84. The summed E-state index contributed by atoms with van der Waals surface area (Å²) in [7, 11) is 0. The van der Waals surface area contributed by atoms with Crippen molar-refractivity contribution in [3.8, 4) is 28.7 Å². The predicted molar refractivity (Wildman–Crippen MR) is 119 cm³/mol. The van der Waals surface area contributed by atoms with E-state index >= 15 is 0 Å². The van der Waals surface area contributed by atoms with Gasteiger partial charge < -0.3 is 4.74 Å². The molecular formula is C24H14F5N5O3. The molecule has 1 N–H and O–H groups in total. The molecule has 0 aliphatic rings. The van der Waals surface area contributed by atoms with Gasteiger partial charge in [0, 0.05) is 11.6 Å². The highest BCUT2D eigenvalue weighted by atomic mass is 19.4. The number of hydrogen-bond donors (Lipinski definition) is 1. The molecule has 37 heavy (non-hydrogen) atoms. The van der Waals surface area contributed by atoms with Crippen LogP contribution in [0.5, 0.6) is 11.5 Å². The Bertz CT molecular complexity index is 1650. The van der Waals surface area contributed by atoms with Crippen molar-refractivity contribution < 1.29 is 26.7 Å². The van der Waals surface area contributed by atoms with Crippen molar-refractivity contribution in [3.05, 3.63) is 104 Å². The van der Waals surface area contributed by atoms with E-state index < -0.39 is 52.7 Å². The van der Waals surface area contributed by atoms with Crippen molar-refractivity contribution in [2.24, 2.45) is 0 Å². The van der Waals surface area contributed by atoms with Gasteiger partial charge >= 0.3 is 6.18 Å². The van der Waals surface area contributed by atoms with Gasteiger partial charge in [-0.15, -0.1) is 0 Å². The van der Waals surface area contributed by atoms with Gasteiger partial charge in [-0.25, -0.2) is 18.9 Å². The Morgan fingerprint density at radius 1 is 1.08 bits per heavy atom. The maximum absolute atomic E-state index is 13.9. The number of hydrogen-bond acceptors (Lipinski definition) is 6. The molecule has 0 spiro atoms. The molecule has 8 nitrogen and oxygen atoms in total. The van der Waals surface area contributed by atoms with E-state index in [2.05, 4.69) is 15.2 Å². The first-order chi connectivity index (χ1) is 17.5. The summed E-state index contributed by atoms with van der Waals surface area (Å²) in [6.45, 7) is 0.883. The van der Waals surface area contributed by atoms with Gasteiger partial charge in [-0.3, -0.25) is 14.2 Å². The average molecular weight is 515 g/mol. The van der Waals surface area contributed by atoms with E-state index in [1.165, 1.54) is 25.1 Å². The summed E-state index contributed by atoms with van der Waals surface area (Å²) in [6.07, 6.45) is -4.47. The fraction of sp³-hybridized carbons (Fsp3) is 0.125. The van der Waals surface area contributed by atoms with E-state index in [1.54, 1.807) is 6.07 Å². The molecule has 0 atom stereocenters. The molecule has 2 aromatic carbocycles. The first-order valence-corrected chi connectivity index (χ1v) is 10.4. The van der Waals surface area contributed by atoms with Crippen LogP contribution in [0, 0.1) is 29.9 Å². The highest BCUT2D eigenvalue weighted by Crippen LogP contribution is 2.36. The van der Waals surface area contributed by atoms with Crippen LogP contribution in [0.1, 0.15) is 22.5 Å². The summed E-state index contributed by atoms with van der Waals surface area (Å²) in [5, 5.41) is 15.2. The van der Waals surface area contributed by atoms with Crippen LogP contribution in [0.15, 0.2) is 58.4 Å². The summed E-state index contributed by atoms with van der Waals surface area (Å²) >= 11 is 0. The van der Waals surface area contributed by atoms with Gasteiger partial charge in [0.15, 0.2) is 5.69 Å². The Balaban J connectivity index is 1.79. The summed E-state index contributed by atoms with van der Waals surface area (Å²) in [5.74, 6) is -3.20. The van der Waals surface area contributed by atoms with Gasteiger partial charge in [-0.1, -0.05) is 12.1 Å². The summed E-state index contributed by atoms with van der Waals surface area (Å²) in [4.78, 5) is 28.6. The largest absolute Gasteiger partial charge is 0.449 e. The second-order valence-corrected chi connectivity index (χ2v) is 7.75. The number of H-pyrrole nitrogens is 1. The molecule has 0 saturated heterocycles. The quantitative estimate of drug-likeness (QED) is 0.397. The standard InChI is InChI=1S/C24H14F5N5O3/c1-12-14(9-30)6-16(26)7-19(12)37-20-21(24(27,28)29)31-11-34(23(20)36)10-17-8-18(22(35)33-32-17)13-2-4-15(25)5-3-13/h2-8,11H,10H2,1H3,(H,33,35). The fourth-order valence-electron chi connectivity index (χ4n) is 3.41. The van der Waals surface area contributed by atoms with Gasteiger partial charge in [0.25, 0.3) is 11.1 Å². The zero-order chi connectivity index (χ0) is 26.9. The van der Waals surface area contributed by atoms with Crippen molar-refractivity contribution >= 4 is 0 Å². The molecule has 0 unspecified atom stereocenters. The van der Waals surface area contributed by atoms with Crippen LogP contribution in [0.25, 0.3) is 11.1 Å². The molecule has 0 aliphatic heterocycles. The first kappa shape index (κ1) is 25.2. The number of rotatable bonds is 5. The zero-order valence-corrected chi connectivity index (χ0v) is 18.7. The zero-order valence-electron chi connectivity index (χ0n) is 18.7. The molecule has 0 bridgehead atoms. The maximum atomic E-state index is 13.9. The van der Waals surface area contributed by atoms with E-state index in [0.717, 1.165) is 28.8 Å². The number of aromatic amines is 1. The highest BCUT2D eigenvalue weighted by molar-refractivity contribution is 5.62. The Labute approximate surface area is 204 Å². The monoisotopic (exact) mass is 515 g/mol. The van der Waals surface area contributed by atoms with E-state index in [-0.39, 0.29) is 22.4 Å². The molecule has 188 valence electrons. The van der Waals surface area contributed by atoms with Crippen molar-refractivity contribution in [2.45, 2.75) is 19.6 Å². The van der Waals surface area contributed by atoms with E-state index in [0.29, 0.717) is 11.9 Å². The number of nitrogens with zero attached hydrogens (tertiary/aromatic N) is 4. The molecule has 2 heterocycles. The summed E-state index contributed by atoms with van der Waals surface area (Å²) in [5.41, 5.74) is -3.26. The molecule has 4 rings (SSSR count). The van der Waals surface area contributed by atoms with Gasteiger partial charge in [0.05, 0.1) is 35.8 Å². The minimum absolute atomic E-state index is 0.0121. The fourth-order valence-corrected chi connectivity index (χ4v) is 3.41. The number of alkyl halides is 3. The summed E-state index contributed by atoms with van der Waals surface area (Å²) in [6, 6.07) is 9.55. The summed E-state index contributed by atoms with van der Waals surface area (Å²) < 4.78 is 74.0. The molecule has 0 radical (unpaired) electrons. The third-order valence-corrected chi connectivity index (χ3v) is 5.27. The predicted octanol–water partition coefficient (Wildman–Crippen LogP) is 4.31. The minimum atomic E-state index is -5.10. The lowest BCUT2D eigenvalue weighted by Crippen LogP contribution is -2.27. The number of halogens is 5. The number of nitrogens with one attached hydrogen (secondary N) is 1. The molecule has 0 amide bonds. The van der Waals surface area contributed by atoms with Crippen molar-refractivity contribution in [3.63, 3.8) is 0 Å². The lowest BCUT2D eigenvalue weighted by Gasteiger charge is -2.16. The van der Waals surface area contributed by atoms with E-state index in [9.17, 15) is 31.5 Å². The molecule has 2 aromatic heterocycles. The van der Waals surface area contributed by atoms with Gasteiger partial charge in [-0.2, -0.15) is 23.5 Å². The normalized spacial score (nSPS) is 11.3. The molecule has 13 heteroatoms. The van der Waals surface area contributed by atoms with Crippen LogP contribution in [-0.4, -0.2) is 19.7 Å². The maximum Gasteiger partial charge on any atom is 0.437 e. The van der Waals surface area contributed by atoms with Gasteiger partial charge in [-0.05, 0) is 36.8 Å². The second kappa shape index (κ2) is 9.65. The number of aromatic nitrogens is 4.